The molecule has 12 heteroatoms. The number of benzene rings is 2. The Labute approximate surface area is 259 Å². The van der Waals surface area contributed by atoms with Crippen LogP contribution in [0, 0.1) is 14.1 Å². The van der Waals surface area contributed by atoms with Gasteiger partial charge in [-0.15, -0.1) is 0 Å². The summed E-state index contributed by atoms with van der Waals surface area (Å²) >= 11 is 4.16. The minimum atomic E-state index is -1.28. The van der Waals surface area contributed by atoms with Crippen LogP contribution >= 0.6 is 45.2 Å². The number of amides is 2. The molecule has 1 fully saturated rings. The minimum Gasteiger partial charge on any atom is -0.506 e. The van der Waals surface area contributed by atoms with E-state index in [9.17, 15) is 24.6 Å². The normalized spacial score (nSPS) is 15.2. The highest BCUT2D eigenvalue weighted by molar-refractivity contribution is 14.1. The molecule has 10 nitrogen and oxygen atoms in total. The van der Waals surface area contributed by atoms with Gasteiger partial charge in [0.1, 0.15) is 11.3 Å². The van der Waals surface area contributed by atoms with Gasteiger partial charge >= 0.3 is 17.7 Å². The first-order valence-corrected chi connectivity index (χ1v) is 15.0. The molecule has 0 saturated carbocycles. The Balaban J connectivity index is 1.78. The number of fused-ring (bicyclic) bond motifs is 1. The number of aromatic hydroxyl groups is 1. The monoisotopic (exact) mass is 774 g/mol. The van der Waals surface area contributed by atoms with Crippen molar-refractivity contribution in [2.24, 2.45) is 0 Å². The number of aromatic nitrogens is 1. The fourth-order valence-corrected chi connectivity index (χ4v) is 6.96. The third-order valence-corrected chi connectivity index (χ3v) is 8.66. The first-order chi connectivity index (χ1) is 18.6. The quantitative estimate of drug-likeness (QED) is 0.271. The van der Waals surface area contributed by atoms with Gasteiger partial charge in [0.15, 0.2) is 0 Å². The standard InChI is InChI=1S/C28H32I2N4O6/c1-15-19(8-9-20-21(15)23(36)40-25(31-20)34(26(38)39)27(2,3)4)32-28(5,24(37)33-10-6-7-11-33)14-16-12-17(29)22(35)18(30)13-16/h8-9,12-13,32,35H,6-7,10-11,14H2,1-5H3,(H,38,39)/t28-/m0/s1. The molecule has 0 unspecified atom stereocenters. The highest BCUT2D eigenvalue weighted by Gasteiger charge is 2.39. The van der Waals surface area contributed by atoms with E-state index in [2.05, 4.69) is 55.5 Å². The lowest BCUT2D eigenvalue weighted by molar-refractivity contribution is -0.134. The maximum absolute atomic E-state index is 13.9. The van der Waals surface area contributed by atoms with Crippen molar-refractivity contribution in [2.45, 2.75) is 65.0 Å². The Morgan fingerprint density at radius 3 is 2.27 bits per heavy atom. The van der Waals surface area contributed by atoms with Gasteiger partial charge in [-0.2, -0.15) is 4.98 Å². The van der Waals surface area contributed by atoms with E-state index in [1.54, 1.807) is 39.8 Å². The number of anilines is 2. The van der Waals surface area contributed by atoms with Crippen LogP contribution < -0.4 is 15.8 Å². The number of nitrogens with zero attached hydrogens (tertiary/aromatic N) is 3. The van der Waals surface area contributed by atoms with Crippen LogP contribution in [0.3, 0.4) is 0 Å². The van der Waals surface area contributed by atoms with E-state index >= 15 is 0 Å². The number of likely N-dealkylation sites (tertiary alicyclic amines) is 1. The number of nitrogens with one attached hydrogen (secondary N) is 1. The van der Waals surface area contributed by atoms with Crippen molar-refractivity contribution in [3.05, 3.63) is 53.0 Å². The maximum Gasteiger partial charge on any atom is 0.415 e. The van der Waals surface area contributed by atoms with Crippen LogP contribution in [0.25, 0.3) is 10.9 Å². The summed E-state index contributed by atoms with van der Waals surface area (Å²) in [4.78, 5) is 46.1. The summed E-state index contributed by atoms with van der Waals surface area (Å²) in [5, 5.41) is 23.6. The van der Waals surface area contributed by atoms with Crippen LogP contribution in [0.1, 0.15) is 51.7 Å². The number of aryl methyl sites for hydroxylation is 1. The smallest absolute Gasteiger partial charge is 0.415 e. The van der Waals surface area contributed by atoms with Gasteiger partial charge in [-0.3, -0.25) is 4.79 Å². The predicted molar refractivity (Wildman–Crippen MR) is 170 cm³/mol. The topological polar surface area (TPSA) is 136 Å². The Morgan fingerprint density at radius 2 is 1.73 bits per heavy atom. The second-order valence-corrected chi connectivity index (χ2v) is 13.6. The molecule has 3 aromatic rings. The average Bonchev–Trinajstić information content (AvgIpc) is 3.37. The van der Waals surface area contributed by atoms with Crippen LogP contribution in [0.5, 0.6) is 5.75 Å². The van der Waals surface area contributed by atoms with E-state index in [4.69, 9.17) is 4.42 Å². The average molecular weight is 774 g/mol. The number of halogens is 2. The SMILES string of the molecule is Cc1c(N[C@@](C)(Cc2cc(I)c(O)c(I)c2)C(=O)N2CCCC2)ccc2nc(N(C(=O)O)C(C)(C)C)oc(=O)c12. The summed E-state index contributed by atoms with van der Waals surface area (Å²) in [5.74, 6) is 0.160. The van der Waals surface area contributed by atoms with E-state index in [0.717, 1.165) is 23.3 Å². The minimum absolute atomic E-state index is 0.0506. The van der Waals surface area contributed by atoms with E-state index < -0.39 is 22.8 Å². The highest BCUT2D eigenvalue weighted by Crippen LogP contribution is 2.33. The summed E-state index contributed by atoms with van der Waals surface area (Å²) < 4.78 is 6.81. The van der Waals surface area contributed by atoms with Gasteiger partial charge in [0.2, 0.25) is 5.91 Å². The van der Waals surface area contributed by atoms with Crippen molar-refractivity contribution >= 4 is 79.8 Å². The first kappa shape index (κ1) is 30.3. The lowest BCUT2D eigenvalue weighted by Crippen LogP contribution is -2.53. The van der Waals surface area contributed by atoms with E-state index in [1.165, 1.54) is 0 Å². The largest absolute Gasteiger partial charge is 0.506 e. The number of carboxylic acid groups (broad SMARTS) is 1. The summed E-state index contributed by atoms with van der Waals surface area (Å²) in [6, 6.07) is 6.80. The number of rotatable bonds is 6. The summed E-state index contributed by atoms with van der Waals surface area (Å²) in [6.07, 6.45) is 0.954. The third-order valence-electron chi connectivity index (χ3n) is 7.01. The Hall–Kier alpha value is -2.62. The van der Waals surface area contributed by atoms with Gasteiger partial charge in [0, 0.05) is 30.7 Å². The number of hydrogen-bond acceptors (Lipinski definition) is 7. The number of hydrogen-bond donors (Lipinski definition) is 3. The zero-order valence-corrected chi connectivity index (χ0v) is 27.3. The van der Waals surface area contributed by atoms with Crippen molar-refractivity contribution in [1.29, 1.82) is 0 Å². The molecule has 0 spiro atoms. The van der Waals surface area contributed by atoms with E-state index in [0.29, 0.717) is 43.4 Å². The molecular formula is C28H32I2N4O6. The highest BCUT2D eigenvalue weighted by atomic mass is 127. The Kier molecular flexibility index (Phi) is 8.60. The number of carbonyl (C=O) groups is 2. The fourth-order valence-electron chi connectivity index (χ4n) is 5.06. The number of phenolic OH excluding ortho intramolecular Hbond substituents is 1. The molecule has 2 heterocycles. The predicted octanol–water partition coefficient (Wildman–Crippen LogP) is 5.73. The van der Waals surface area contributed by atoms with Crippen molar-refractivity contribution < 1.29 is 24.2 Å². The molecule has 2 amide bonds. The van der Waals surface area contributed by atoms with Crippen LogP contribution in [-0.2, 0) is 11.2 Å². The van der Waals surface area contributed by atoms with E-state index in [-0.39, 0.29) is 23.1 Å². The molecule has 1 aliphatic heterocycles. The molecule has 1 atom stereocenters. The lowest BCUT2D eigenvalue weighted by Gasteiger charge is -2.35. The number of carbonyl (C=O) groups excluding carboxylic acids is 1. The molecule has 40 heavy (non-hydrogen) atoms. The second-order valence-electron chi connectivity index (χ2n) is 11.2. The molecular weight excluding hydrogens is 742 g/mol. The molecule has 0 aliphatic carbocycles. The van der Waals surface area contributed by atoms with Crippen LogP contribution in [0.2, 0.25) is 0 Å². The van der Waals surface area contributed by atoms with Crippen LogP contribution in [0.4, 0.5) is 16.5 Å². The van der Waals surface area contributed by atoms with Crippen molar-refractivity contribution in [1.82, 2.24) is 9.88 Å². The van der Waals surface area contributed by atoms with Gasteiger partial charge in [0.25, 0.3) is 0 Å². The molecule has 214 valence electrons. The van der Waals surface area contributed by atoms with Gasteiger partial charge in [-0.25, -0.2) is 14.5 Å². The summed E-state index contributed by atoms with van der Waals surface area (Å²) in [6.45, 7) is 10.00. The van der Waals surface area contributed by atoms with Crippen molar-refractivity contribution in [2.75, 3.05) is 23.3 Å². The van der Waals surface area contributed by atoms with Crippen LogP contribution in [-0.4, -0.2) is 56.3 Å². The van der Waals surface area contributed by atoms with Gasteiger partial charge in [0.05, 0.1) is 18.0 Å². The lowest BCUT2D eigenvalue weighted by atomic mass is 9.90. The molecule has 1 saturated heterocycles. The zero-order chi connectivity index (χ0) is 29.6. The summed E-state index contributed by atoms with van der Waals surface area (Å²) in [5.41, 5.74) is -0.384. The van der Waals surface area contributed by atoms with Gasteiger partial charge in [-0.05, 0) is 128 Å². The van der Waals surface area contributed by atoms with Crippen molar-refractivity contribution in [3.63, 3.8) is 0 Å². The molecule has 1 aromatic heterocycles. The Bertz CT molecular complexity index is 1520. The molecule has 0 bridgehead atoms. The zero-order valence-electron chi connectivity index (χ0n) is 23.0. The van der Waals surface area contributed by atoms with Gasteiger partial charge < -0.3 is 24.8 Å². The molecule has 0 radical (unpaired) electrons. The van der Waals surface area contributed by atoms with E-state index in [1.807, 2.05) is 24.0 Å². The molecule has 1 aliphatic rings. The van der Waals surface area contributed by atoms with Crippen LogP contribution in [0.15, 0.2) is 33.5 Å². The Morgan fingerprint density at radius 1 is 1.12 bits per heavy atom. The van der Waals surface area contributed by atoms with Gasteiger partial charge in [-0.1, -0.05) is 0 Å². The van der Waals surface area contributed by atoms with Crippen molar-refractivity contribution in [3.8, 4) is 5.75 Å². The fraction of sp³-hybridized carbons (Fsp3) is 0.429. The first-order valence-electron chi connectivity index (χ1n) is 12.8. The maximum atomic E-state index is 13.9. The number of phenols is 1. The molecule has 3 N–H and O–H groups in total. The summed E-state index contributed by atoms with van der Waals surface area (Å²) in [7, 11) is 0. The molecule has 4 rings (SSSR count). The third kappa shape index (κ3) is 6.02. The second kappa shape index (κ2) is 11.3. The molecule has 2 aromatic carbocycles.